The molecule has 0 saturated carbocycles. The van der Waals surface area contributed by atoms with Gasteiger partial charge in [0.05, 0.1) is 36.8 Å². The van der Waals surface area contributed by atoms with Gasteiger partial charge in [0.2, 0.25) is 21.8 Å². The molecule has 2 aromatic rings. The normalized spacial score (nSPS) is 19.5. The van der Waals surface area contributed by atoms with Gasteiger partial charge in [0.15, 0.2) is 0 Å². The Labute approximate surface area is 193 Å². The first kappa shape index (κ1) is 23.2. The van der Waals surface area contributed by atoms with Crippen LogP contribution in [-0.4, -0.2) is 64.5 Å². The number of hydrogen-bond donors (Lipinski definition) is 1. The molecule has 2 fully saturated rings. The maximum atomic E-state index is 13.1. The molecule has 2 amide bonds. The van der Waals surface area contributed by atoms with Crippen LogP contribution in [-0.2, 0) is 24.3 Å². The van der Waals surface area contributed by atoms with Gasteiger partial charge in [-0.05, 0) is 36.8 Å². The second-order valence-corrected chi connectivity index (χ2v) is 9.97. The molecule has 0 spiro atoms. The summed E-state index contributed by atoms with van der Waals surface area (Å²) in [5.41, 5.74) is 1.59. The van der Waals surface area contributed by atoms with E-state index in [1.807, 2.05) is 6.07 Å². The number of carbonyl (C=O) groups is 2. The minimum atomic E-state index is -3.71. The Balaban J connectivity index is 1.50. The number of nitrogens with one attached hydrogen (secondary N) is 1. The molecule has 2 aromatic carbocycles. The fourth-order valence-electron chi connectivity index (χ4n) is 4.09. The van der Waals surface area contributed by atoms with E-state index in [0.29, 0.717) is 49.0 Å². The van der Waals surface area contributed by atoms with E-state index in [1.165, 1.54) is 17.5 Å². The molecular formula is C23H27N3O6S. The Bertz CT molecular complexity index is 1160. The van der Waals surface area contributed by atoms with Crippen molar-refractivity contribution in [1.29, 1.82) is 0 Å². The number of morpholine rings is 1. The van der Waals surface area contributed by atoms with E-state index in [9.17, 15) is 18.0 Å². The molecule has 10 heteroatoms. The van der Waals surface area contributed by atoms with Crippen LogP contribution >= 0.6 is 0 Å². The summed E-state index contributed by atoms with van der Waals surface area (Å²) in [4.78, 5) is 27.3. The second-order valence-electron chi connectivity index (χ2n) is 8.06. The second kappa shape index (κ2) is 9.50. The van der Waals surface area contributed by atoms with Crippen LogP contribution in [0.5, 0.6) is 5.75 Å². The molecule has 0 bridgehead atoms. The molecule has 176 valence electrons. The first-order valence-electron chi connectivity index (χ1n) is 10.7. The van der Waals surface area contributed by atoms with E-state index in [0.717, 1.165) is 0 Å². The highest BCUT2D eigenvalue weighted by Crippen LogP contribution is 2.33. The SMILES string of the molecule is COc1ccccc1N1C[C@H](C(=O)Nc2ccc(C)c(S(=O)(=O)N3CCOCC3)c2)CC1=O. The highest BCUT2D eigenvalue weighted by Gasteiger charge is 2.36. The quantitative estimate of drug-likeness (QED) is 0.688. The number of ether oxygens (including phenoxy) is 2. The molecule has 9 nitrogen and oxygen atoms in total. The van der Waals surface area contributed by atoms with Gasteiger partial charge < -0.3 is 19.7 Å². The predicted octanol–water partition coefficient (Wildman–Crippen LogP) is 2.02. The molecule has 1 atom stereocenters. The molecule has 0 unspecified atom stereocenters. The highest BCUT2D eigenvalue weighted by molar-refractivity contribution is 7.89. The van der Waals surface area contributed by atoms with Gasteiger partial charge in [-0.2, -0.15) is 4.31 Å². The maximum Gasteiger partial charge on any atom is 0.243 e. The van der Waals surface area contributed by atoms with Crippen LogP contribution in [0, 0.1) is 12.8 Å². The zero-order chi connectivity index (χ0) is 23.6. The lowest BCUT2D eigenvalue weighted by molar-refractivity contribution is -0.122. The first-order valence-corrected chi connectivity index (χ1v) is 12.2. The van der Waals surface area contributed by atoms with E-state index in [4.69, 9.17) is 9.47 Å². The summed E-state index contributed by atoms with van der Waals surface area (Å²) in [6, 6.07) is 12.0. The molecule has 2 aliphatic rings. The lowest BCUT2D eigenvalue weighted by atomic mass is 10.1. The van der Waals surface area contributed by atoms with Crippen molar-refractivity contribution < 1.29 is 27.5 Å². The van der Waals surface area contributed by atoms with E-state index in [2.05, 4.69) is 5.32 Å². The third kappa shape index (κ3) is 4.73. The van der Waals surface area contributed by atoms with Crippen molar-refractivity contribution in [2.45, 2.75) is 18.2 Å². The third-order valence-corrected chi connectivity index (χ3v) is 7.96. The summed E-state index contributed by atoms with van der Waals surface area (Å²) >= 11 is 0. The Morgan fingerprint density at radius 2 is 1.88 bits per heavy atom. The average molecular weight is 474 g/mol. The summed E-state index contributed by atoms with van der Waals surface area (Å²) in [6.07, 6.45) is 0.0642. The number of nitrogens with zero attached hydrogens (tertiary/aromatic N) is 2. The summed E-state index contributed by atoms with van der Waals surface area (Å²) in [5.74, 6) is -0.509. The topological polar surface area (TPSA) is 105 Å². The monoisotopic (exact) mass is 473 g/mol. The summed E-state index contributed by atoms with van der Waals surface area (Å²) in [5, 5.41) is 2.79. The molecule has 2 heterocycles. The summed E-state index contributed by atoms with van der Waals surface area (Å²) < 4.78 is 38.2. The number of carbonyl (C=O) groups excluding carboxylic acids is 2. The molecule has 33 heavy (non-hydrogen) atoms. The van der Waals surface area contributed by atoms with E-state index in [-0.39, 0.29) is 29.7 Å². The number of aryl methyl sites for hydroxylation is 1. The fourth-order valence-corrected chi connectivity index (χ4v) is 5.75. The molecule has 1 N–H and O–H groups in total. The van der Waals surface area contributed by atoms with Gasteiger partial charge in [-0.15, -0.1) is 0 Å². The number of rotatable bonds is 6. The zero-order valence-corrected chi connectivity index (χ0v) is 19.4. The highest BCUT2D eigenvalue weighted by atomic mass is 32.2. The first-order chi connectivity index (χ1) is 15.8. The van der Waals surface area contributed by atoms with Crippen LogP contribution in [0.25, 0.3) is 0 Å². The fraction of sp³-hybridized carbons (Fsp3) is 0.391. The van der Waals surface area contributed by atoms with Gasteiger partial charge in [-0.25, -0.2) is 8.42 Å². The minimum Gasteiger partial charge on any atom is -0.495 e. The Morgan fingerprint density at radius 1 is 1.15 bits per heavy atom. The van der Waals surface area contributed by atoms with Gasteiger partial charge in [-0.1, -0.05) is 18.2 Å². The van der Waals surface area contributed by atoms with Crippen molar-refractivity contribution in [2.75, 3.05) is 50.2 Å². The third-order valence-electron chi connectivity index (χ3n) is 5.92. The molecule has 0 aromatic heterocycles. The smallest absolute Gasteiger partial charge is 0.243 e. The number of benzene rings is 2. The van der Waals surface area contributed by atoms with Crippen LogP contribution in [0.3, 0.4) is 0 Å². The molecular weight excluding hydrogens is 446 g/mol. The van der Waals surface area contributed by atoms with Crippen LogP contribution in [0.15, 0.2) is 47.4 Å². The molecule has 2 aliphatic heterocycles. The van der Waals surface area contributed by atoms with Crippen molar-refractivity contribution in [3.8, 4) is 5.75 Å². The van der Waals surface area contributed by atoms with Gasteiger partial charge in [0, 0.05) is 31.7 Å². The van der Waals surface area contributed by atoms with Gasteiger partial charge in [0.1, 0.15) is 5.75 Å². The molecule has 4 rings (SSSR count). The Morgan fingerprint density at radius 3 is 2.61 bits per heavy atom. The molecule has 0 radical (unpaired) electrons. The van der Waals surface area contributed by atoms with E-state index >= 15 is 0 Å². The Kier molecular flexibility index (Phi) is 6.68. The number of hydrogen-bond acceptors (Lipinski definition) is 6. The van der Waals surface area contributed by atoms with Gasteiger partial charge in [-0.3, -0.25) is 9.59 Å². The number of amides is 2. The Hall–Kier alpha value is -2.95. The predicted molar refractivity (Wildman–Crippen MR) is 123 cm³/mol. The summed E-state index contributed by atoms with van der Waals surface area (Å²) in [7, 11) is -2.17. The number of sulfonamides is 1. The number of para-hydroxylation sites is 2. The van der Waals surface area contributed by atoms with Crippen LogP contribution in [0.1, 0.15) is 12.0 Å². The maximum absolute atomic E-state index is 13.1. The standard InChI is InChI=1S/C23H27N3O6S/c1-16-7-8-18(14-21(16)33(29,30)25-9-11-32-12-10-25)24-23(28)17-13-22(27)26(15-17)19-5-3-4-6-20(19)31-2/h3-8,14,17H,9-13,15H2,1-2H3,(H,24,28)/t17-/m1/s1. The van der Waals surface area contributed by atoms with Gasteiger partial charge in [0.25, 0.3) is 0 Å². The average Bonchev–Trinajstić information content (AvgIpc) is 3.22. The molecule has 2 saturated heterocycles. The van der Waals surface area contributed by atoms with Crippen molar-refractivity contribution >= 4 is 33.2 Å². The number of anilines is 2. The summed E-state index contributed by atoms with van der Waals surface area (Å²) in [6.45, 7) is 3.23. The van der Waals surface area contributed by atoms with E-state index < -0.39 is 15.9 Å². The molecule has 0 aliphatic carbocycles. The van der Waals surface area contributed by atoms with Crippen molar-refractivity contribution in [3.63, 3.8) is 0 Å². The largest absolute Gasteiger partial charge is 0.495 e. The zero-order valence-electron chi connectivity index (χ0n) is 18.6. The number of methoxy groups -OCH3 is 1. The van der Waals surface area contributed by atoms with Gasteiger partial charge >= 0.3 is 0 Å². The van der Waals surface area contributed by atoms with Crippen LogP contribution < -0.4 is 15.0 Å². The van der Waals surface area contributed by atoms with Crippen molar-refractivity contribution in [1.82, 2.24) is 4.31 Å². The minimum absolute atomic E-state index is 0.0642. The van der Waals surface area contributed by atoms with Crippen LogP contribution in [0.4, 0.5) is 11.4 Å². The van der Waals surface area contributed by atoms with Crippen molar-refractivity contribution in [2.24, 2.45) is 5.92 Å². The lowest BCUT2D eigenvalue weighted by Gasteiger charge is -2.27. The van der Waals surface area contributed by atoms with Crippen LogP contribution in [0.2, 0.25) is 0 Å². The van der Waals surface area contributed by atoms with E-state index in [1.54, 1.807) is 42.2 Å². The van der Waals surface area contributed by atoms with Crippen molar-refractivity contribution in [3.05, 3.63) is 48.0 Å². The lowest BCUT2D eigenvalue weighted by Crippen LogP contribution is -2.40.